The Hall–Kier alpha value is -1.61. The lowest BCUT2D eigenvalue weighted by atomic mass is 10.0. The van der Waals surface area contributed by atoms with Crippen molar-refractivity contribution in [1.82, 2.24) is 5.32 Å². The number of carbonyl (C=O) groups excluding carboxylic acids is 1. The molecule has 0 unspecified atom stereocenters. The monoisotopic (exact) mass is 261 g/mol. The molecule has 1 rings (SSSR count). The third kappa shape index (κ3) is 8.16. The van der Waals surface area contributed by atoms with E-state index in [1.54, 1.807) is 20.0 Å². The summed E-state index contributed by atoms with van der Waals surface area (Å²) in [6.45, 7) is 3.61. The Bertz CT molecular complexity index is 405. The van der Waals surface area contributed by atoms with Gasteiger partial charge in [0, 0.05) is 0 Å². The molecule has 19 heavy (non-hydrogen) atoms. The number of hydrogen-bond donors (Lipinski definition) is 2. The topological polar surface area (TPSA) is 49.3 Å². The Morgan fingerprint density at radius 2 is 2.00 bits per heavy atom. The molecule has 0 radical (unpaired) electrons. The number of hydrogen-bond acceptors (Lipinski definition) is 2. The van der Waals surface area contributed by atoms with Gasteiger partial charge in [0.05, 0.1) is 12.0 Å². The number of allylic oxidation sites excluding steroid dienone is 1. The Labute approximate surface area is 115 Å². The van der Waals surface area contributed by atoms with Crippen molar-refractivity contribution in [3.63, 3.8) is 0 Å². The minimum atomic E-state index is -0.607. The van der Waals surface area contributed by atoms with Crippen molar-refractivity contribution in [1.29, 1.82) is 0 Å². The summed E-state index contributed by atoms with van der Waals surface area (Å²) >= 11 is 0. The van der Waals surface area contributed by atoms with Gasteiger partial charge in [-0.1, -0.05) is 36.4 Å². The van der Waals surface area contributed by atoms with Crippen LogP contribution in [0.3, 0.4) is 0 Å². The highest BCUT2D eigenvalue weighted by atomic mass is 16.3. The van der Waals surface area contributed by atoms with Gasteiger partial charge in [0.25, 0.3) is 0 Å². The predicted octanol–water partition coefficient (Wildman–Crippen LogP) is 2.80. The minimum absolute atomic E-state index is 0.00932. The smallest absolute Gasteiger partial charge is 0.228 e. The minimum Gasteiger partial charge on any atom is -0.390 e. The molecule has 0 saturated carbocycles. The highest BCUT2D eigenvalue weighted by Gasteiger charge is 2.10. The van der Waals surface area contributed by atoms with Crippen molar-refractivity contribution < 1.29 is 9.90 Å². The van der Waals surface area contributed by atoms with Crippen molar-refractivity contribution in [3.8, 4) is 0 Å². The maximum absolute atomic E-state index is 11.6. The van der Waals surface area contributed by atoms with E-state index in [4.69, 9.17) is 0 Å². The van der Waals surface area contributed by atoms with E-state index in [1.165, 1.54) is 0 Å². The molecule has 2 N–H and O–H groups in total. The molecular weight excluding hydrogens is 238 g/mol. The molecule has 0 atom stereocenters. The van der Waals surface area contributed by atoms with Gasteiger partial charge in [-0.05, 0) is 44.9 Å². The number of amides is 1. The second-order valence-electron chi connectivity index (χ2n) is 5.34. The van der Waals surface area contributed by atoms with Crippen LogP contribution in [-0.4, -0.2) is 16.6 Å². The van der Waals surface area contributed by atoms with E-state index >= 15 is 0 Å². The lowest BCUT2D eigenvalue weighted by Crippen LogP contribution is -2.19. The lowest BCUT2D eigenvalue weighted by molar-refractivity contribution is -0.119. The third-order valence-electron chi connectivity index (χ3n) is 2.73. The van der Waals surface area contributed by atoms with Gasteiger partial charge in [-0.3, -0.25) is 4.79 Å². The Kier molecular flexibility index (Phi) is 6.30. The van der Waals surface area contributed by atoms with Gasteiger partial charge in [0.2, 0.25) is 5.91 Å². The zero-order chi connectivity index (χ0) is 14.1. The molecule has 0 fully saturated rings. The molecule has 0 spiro atoms. The summed E-state index contributed by atoms with van der Waals surface area (Å²) in [5.41, 5.74) is 0.403. The molecule has 0 heterocycles. The van der Waals surface area contributed by atoms with Crippen LogP contribution in [0.4, 0.5) is 0 Å². The standard InChI is InChI=1S/C16H23NO2/c1-16(2,19)11-7-4-8-12-17-15(18)13-14-9-5-3-6-10-14/h3,5-6,8-10,12,19H,4,7,11,13H2,1-2H3,(H,17,18). The average molecular weight is 261 g/mol. The number of benzene rings is 1. The zero-order valence-corrected chi connectivity index (χ0v) is 11.7. The molecule has 3 heteroatoms. The van der Waals surface area contributed by atoms with E-state index in [-0.39, 0.29) is 5.91 Å². The second kappa shape index (κ2) is 7.74. The van der Waals surface area contributed by atoms with Crippen LogP contribution in [0.1, 0.15) is 38.7 Å². The van der Waals surface area contributed by atoms with Gasteiger partial charge in [0.1, 0.15) is 0 Å². The van der Waals surface area contributed by atoms with Gasteiger partial charge in [-0.15, -0.1) is 0 Å². The lowest BCUT2D eigenvalue weighted by Gasteiger charge is -2.15. The van der Waals surface area contributed by atoms with Gasteiger partial charge < -0.3 is 10.4 Å². The molecule has 1 aromatic rings. The molecule has 0 bridgehead atoms. The molecule has 0 aliphatic carbocycles. The fraction of sp³-hybridized carbons (Fsp3) is 0.438. The van der Waals surface area contributed by atoms with Crippen LogP contribution in [0.15, 0.2) is 42.6 Å². The number of aliphatic hydroxyl groups is 1. The van der Waals surface area contributed by atoms with Crippen molar-refractivity contribution in [2.45, 2.75) is 45.1 Å². The summed E-state index contributed by atoms with van der Waals surface area (Å²) in [6, 6.07) is 9.66. The molecule has 0 saturated heterocycles. The molecule has 0 aliphatic rings. The molecule has 104 valence electrons. The van der Waals surface area contributed by atoms with Crippen LogP contribution in [-0.2, 0) is 11.2 Å². The van der Waals surface area contributed by atoms with Crippen LogP contribution in [0.25, 0.3) is 0 Å². The molecule has 1 aromatic carbocycles. The molecule has 1 amide bonds. The summed E-state index contributed by atoms with van der Waals surface area (Å²) in [5, 5.41) is 12.3. The second-order valence-corrected chi connectivity index (χ2v) is 5.34. The maximum Gasteiger partial charge on any atom is 0.228 e. The first-order valence-corrected chi connectivity index (χ1v) is 6.68. The third-order valence-corrected chi connectivity index (χ3v) is 2.73. The van der Waals surface area contributed by atoms with Crippen LogP contribution in [0, 0.1) is 0 Å². The van der Waals surface area contributed by atoms with E-state index in [0.29, 0.717) is 6.42 Å². The van der Waals surface area contributed by atoms with Gasteiger partial charge >= 0.3 is 0 Å². The largest absolute Gasteiger partial charge is 0.390 e. The van der Waals surface area contributed by atoms with E-state index in [0.717, 1.165) is 24.8 Å². The van der Waals surface area contributed by atoms with Gasteiger partial charge in [-0.25, -0.2) is 0 Å². The van der Waals surface area contributed by atoms with E-state index < -0.39 is 5.60 Å². The van der Waals surface area contributed by atoms with Gasteiger partial charge in [0.15, 0.2) is 0 Å². The highest BCUT2D eigenvalue weighted by Crippen LogP contribution is 2.11. The van der Waals surface area contributed by atoms with E-state index in [2.05, 4.69) is 5.32 Å². The SMILES string of the molecule is CC(C)(O)CCCC=CNC(=O)Cc1ccccc1. The first-order chi connectivity index (χ1) is 8.97. The summed E-state index contributed by atoms with van der Waals surface area (Å²) in [7, 11) is 0. The summed E-state index contributed by atoms with van der Waals surface area (Å²) in [4.78, 5) is 11.6. The van der Waals surface area contributed by atoms with Crippen LogP contribution in [0.5, 0.6) is 0 Å². The van der Waals surface area contributed by atoms with Crippen molar-refractivity contribution in [3.05, 3.63) is 48.2 Å². The fourth-order valence-corrected chi connectivity index (χ4v) is 1.72. The Morgan fingerprint density at radius 1 is 1.32 bits per heavy atom. The van der Waals surface area contributed by atoms with Crippen molar-refractivity contribution in [2.24, 2.45) is 0 Å². The maximum atomic E-state index is 11.6. The highest BCUT2D eigenvalue weighted by molar-refractivity contribution is 5.79. The van der Waals surface area contributed by atoms with E-state index in [1.807, 2.05) is 36.4 Å². The quantitative estimate of drug-likeness (QED) is 0.741. The molecular formula is C16H23NO2. The first kappa shape index (κ1) is 15.4. The molecule has 0 aliphatic heterocycles. The predicted molar refractivity (Wildman–Crippen MR) is 77.6 cm³/mol. The van der Waals surface area contributed by atoms with E-state index in [9.17, 15) is 9.90 Å². The average Bonchev–Trinajstić information content (AvgIpc) is 2.33. The van der Waals surface area contributed by atoms with Crippen molar-refractivity contribution in [2.75, 3.05) is 0 Å². The van der Waals surface area contributed by atoms with Gasteiger partial charge in [-0.2, -0.15) is 0 Å². The summed E-state index contributed by atoms with van der Waals surface area (Å²) in [6.07, 6.45) is 6.54. The molecule has 3 nitrogen and oxygen atoms in total. The Morgan fingerprint density at radius 3 is 2.63 bits per heavy atom. The number of carbonyl (C=O) groups is 1. The summed E-state index contributed by atoms with van der Waals surface area (Å²) < 4.78 is 0. The van der Waals surface area contributed by atoms with Crippen LogP contribution in [0.2, 0.25) is 0 Å². The zero-order valence-electron chi connectivity index (χ0n) is 11.7. The molecule has 0 aromatic heterocycles. The van der Waals surface area contributed by atoms with Crippen LogP contribution >= 0.6 is 0 Å². The van der Waals surface area contributed by atoms with Crippen LogP contribution < -0.4 is 5.32 Å². The first-order valence-electron chi connectivity index (χ1n) is 6.68. The van der Waals surface area contributed by atoms with Crippen molar-refractivity contribution >= 4 is 5.91 Å². The normalized spacial score (nSPS) is 11.7. The number of rotatable bonds is 7. The Balaban J connectivity index is 2.16. The number of nitrogens with one attached hydrogen (secondary N) is 1. The summed E-state index contributed by atoms with van der Waals surface area (Å²) in [5.74, 6) is -0.00932. The fourth-order valence-electron chi connectivity index (χ4n) is 1.72. The number of unbranched alkanes of at least 4 members (excludes halogenated alkanes) is 1.